The normalized spacial score (nSPS) is 14.7. The van der Waals surface area contributed by atoms with Crippen LogP contribution in [0.5, 0.6) is 0 Å². The summed E-state index contributed by atoms with van der Waals surface area (Å²) < 4.78 is 0. The van der Waals surface area contributed by atoms with Crippen LogP contribution in [0.3, 0.4) is 0 Å². The Hall–Kier alpha value is -2.30. The average Bonchev–Trinajstić information content (AvgIpc) is 2.75. The standard InChI is InChI=1S/C17H12Cl2N2O2/c1-10-7-8-11(18)9-13(10)20-15-14(19)16(22)21(17(15)23)12-5-3-2-4-6-12/h2-9,20H,1H3. The lowest BCUT2D eigenvalue weighted by Crippen LogP contribution is -2.32. The molecular formula is C17H12Cl2N2O2. The zero-order valence-electron chi connectivity index (χ0n) is 12.1. The van der Waals surface area contributed by atoms with Crippen LogP contribution in [0.25, 0.3) is 0 Å². The molecule has 2 amide bonds. The van der Waals surface area contributed by atoms with Crippen LogP contribution in [0.15, 0.2) is 59.3 Å². The highest BCUT2D eigenvalue weighted by Crippen LogP contribution is 2.31. The molecule has 0 fully saturated rings. The van der Waals surface area contributed by atoms with Crippen molar-refractivity contribution in [2.75, 3.05) is 10.2 Å². The van der Waals surface area contributed by atoms with Gasteiger partial charge in [-0.2, -0.15) is 0 Å². The first-order valence-electron chi connectivity index (χ1n) is 6.86. The Morgan fingerprint density at radius 3 is 2.35 bits per heavy atom. The molecule has 0 unspecified atom stereocenters. The number of benzene rings is 2. The van der Waals surface area contributed by atoms with Crippen molar-refractivity contribution < 1.29 is 9.59 Å². The molecular weight excluding hydrogens is 335 g/mol. The first kappa shape index (κ1) is 15.6. The van der Waals surface area contributed by atoms with Crippen molar-refractivity contribution in [1.82, 2.24) is 0 Å². The van der Waals surface area contributed by atoms with Crippen LogP contribution in [-0.4, -0.2) is 11.8 Å². The van der Waals surface area contributed by atoms with Crippen molar-refractivity contribution >= 4 is 46.4 Å². The molecule has 23 heavy (non-hydrogen) atoms. The molecule has 4 nitrogen and oxygen atoms in total. The molecule has 1 aliphatic heterocycles. The van der Waals surface area contributed by atoms with Gasteiger partial charge in [-0.1, -0.05) is 47.5 Å². The molecule has 0 radical (unpaired) electrons. The van der Waals surface area contributed by atoms with Crippen molar-refractivity contribution in [1.29, 1.82) is 0 Å². The van der Waals surface area contributed by atoms with Gasteiger partial charge in [0.1, 0.15) is 10.7 Å². The lowest BCUT2D eigenvalue weighted by molar-refractivity contribution is -0.120. The molecule has 1 N–H and O–H groups in total. The molecule has 1 aliphatic rings. The van der Waals surface area contributed by atoms with E-state index in [0.717, 1.165) is 10.5 Å². The summed E-state index contributed by atoms with van der Waals surface area (Å²) in [6.45, 7) is 1.86. The number of nitrogens with zero attached hydrogens (tertiary/aromatic N) is 1. The van der Waals surface area contributed by atoms with Gasteiger partial charge >= 0.3 is 0 Å². The Balaban J connectivity index is 1.96. The number of aryl methyl sites for hydroxylation is 1. The number of halogens is 2. The summed E-state index contributed by atoms with van der Waals surface area (Å²) in [4.78, 5) is 26.0. The van der Waals surface area contributed by atoms with Gasteiger partial charge in [0, 0.05) is 10.7 Å². The quantitative estimate of drug-likeness (QED) is 0.851. The van der Waals surface area contributed by atoms with Gasteiger partial charge in [-0.05, 0) is 36.8 Å². The Kier molecular flexibility index (Phi) is 4.11. The second kappa shape index (κ2) is 6.07. The number of para-hydroxylation sites is 1. The van der Waals surface area contributed by atoms with Crippen LogP contribution in [0.2, 0.25) is 5.02 Å². The summed E-state index contributed by atoms with van der Waals surface area (Å²) in [6.07, 6.45) is 0. The molecule has 0 aromatic heterocycles. The van der Waals surface area contributed by atoms with Crippen LogP contribution in [0, 0.1) is 6.92 Å². The predicted molar refractivity (Wildman–Crippen MR) is 91.6 cm³/mol. The minimum atomic E-state index is -0.551. The van der Waals surface area contributed by atoms with Crippen molar-refractivity contribution in [3.63, 3.8) is 0 Å². The molecule has 116 valence electrons. The van der Waals surface area contributed by atoms with E-state index in [4.69, 9.17) is 23.2 Å². The molecule has 2 aromatic rings. The Morgan fingerprint density at radius 1 is 0.957 bits per heavy atom. The number of anilines is 2. The van der Waals surface area contributed by atoms with E-state index in [0.29, 0.717) is 16.4 Å². The lowest BCUT2D eigenvalue weighted by Gasteiger charge is -2.15. The molecule has 0 aliphatic carbocycles. The largest absolute Gasteiger partial charge is 0.349 e. The van der Waals surface area contributed by atoms with E-state index in [-0.39, 0.29) is 10.7 Å². The van der Waals surface area contributed by atoms with Gasteiger partial charge in [0.25, 0.3) is 11.8 Å². The molecule has 0 atom stereocenters. The highest BCUT2D eigenvalue weighted by molar-refractivity contribution is 6.53. The highest BCUT2D eigenvalue weighted by atomic mass is 35.5. The fraction of sp³-hybridized carbons (Fsp3) is 0.0588. The monoisotopic (exact) mass is 346 g/mol. The minimum Gasteiger partial charge on any atom is -0.349 e. The lowest BCUT2D eigenvalue weighted by atomic mass is 10.2. The van der Waals surface area contributed by atoms with Gasteiger partial charge in [-0.3, -0.25) is 9.59 Å². The topological polar surface area (TPSA) is 49.4 Å². The number of nitrogens with one attached hydrogen (secondary N) is 1. The fourth-order valence-corrected chi connectivity index (χ4v) is 2.67. The van der Waals surface area contributed by atoms with Crippen molar-refractivity contribution in [2.45, 2.75) is 6.92 Å². The number of carbonyl (C=O) groups is 2. The molecule has 0 spiro atoms. The van der Waals surface area contributed by atoms with E-state index >= 15 is 0 Å². The number of hydrogen-bond donors (Lipinski definition) is 1. The van der Waals surface area contributed by atoms with Gasteiger partial charge in [0.2, 0.25) is 0 Å². The smallest absolute Gasteiger partial charge is 0.283 e. The molecule has 2 aromatic carbocycles. The first-order chi connectivity index (χ1) is 11.0. The van der Waals surface area contributed by atoms with E-state index in [1.165, 1.54) is 0 Å². The minimum absolute atomic E-state index is 0.0471. The van der Waals surface area contributed by atoms with Crippen LogP contribution >= 0.6 is 23.2 Å². The van der Waals surface area contributed by atoms with Crippen molar-refractivity contribution in [2.24, 2.45) is 0 Å². The zero-order chi connectivity index (χ0) is 16.6. The number of imide groups is 1. The third-order valence-corrected chi connectivity index (χ3v) is 4.09. The van der Waals surface area contributed by atoms with Gasteiger partial charge < -0.3 is 5.32 Å². The molecule has 3 rings (SSSR count). The van der Waals surface area contributed by atoms with Gasteiger partial charge in [-0.25, -0.2) is 4.90 Å². The number of rotatable bonds is 3. The molecule has 6 heteroatoms. The third kappa shape index (κ3) is 2.83. The summed E-state index contributed by atoms with van der Waals surface area (Å²) in [6, 6.07) is 13.9. The second-order valence-corrected chi connectivity index (χ2v) is 5.87. The van der Waals surface area contributed by atoms with E-state index in [1.807, 2.05) is 13.0 Å². The number of carbonyl (C=O) groups excluding carboxylic acids is 2. The maximum atomic E-state index is 12.6. The molecule has 0 bridgehead atoms. The van der Waals surface area contributed by atoms with E-state index in [9.17, 15) is 9.59 Å². The van der Waals surface area contributed by atoms with Crippen molar-refractivity contribution in [3.8, 4) is 0 Å². The van der Waals surface area contributed by atoms with Gasteiger partial charge in [-0.15, -0.1) is 0 Å². The summed E-state index contributed by atoms with van der Waals surface area (Å²) in [7, 11) is 0. The Bertz CT molecular complexity index is 832. The number of amides is 2. The van der Waals surface area contributed by atoms with Crippen molar-refractivity contribution in [3.05, 3.63) is 69.8 Å². The van der Waals surface area contributed by atoms with Gasteiger partial charge in [0.15, 0.2) is 0 Å². The van der Waals surface area contributed by atoms with Crippen LogP contribution in [0.4, 0.5) is 11.4 Å². The fourth-order valence-electron chi connectivity index (χ4n) is 2.29. The van der Waals surface area contributed by atoms with E-state index in [2.05, 4.69) is 5.32 Å². The molecule has 0 saturated carbocycles. The third-order valence-electron chi connectivity index (χ3n) is 3.50. The Morgan fingerprint density at radius 2 is 1.65 bits per heavy atom. The highest BCUT2D eigenvalue weighted by Gasteiger charge is 2.38. The van der Waals surface area contributed by atoms with Crippen LogP contribution in [0.1, 0.15) is 5.56 Å². The maximum Gasteiger partial charge on any atom is 0.283 e. The molecule has 1 heterocycles. The second-order valence-electron chi connectivity index (χ2n) is 5.05. The summed E-state index contributed by atoms with van der Waals surface area (Å²) >= 11 is 12.1. The summed E-state index contributed by atoms with van der Waals surface area (Å²) in [5, 5.41) is 3.31. The predicted octanol–water partition coefficient (Wildman–Crippen LogP) is 4.08. The average molecular weight is 347 g/mol. The van der Waals surface area contributed by atoms with E-state index in [1.54, 1.807) is 42.5 Å². The van der Waals surface area contributed by atoms with Crippen LogP contribution in [-0.2, 0) is 9.59 Å². The number of hydrogen-bond acceptors (Lipinski definition) is 3. The summed E-state index contributed by atoms with van der Waals surface area (Å²) in [5.74, 6) is -1.05. The van der Waals surface area contributed by atoms with E-state index < -0.39 is 11.8 Å². The Labute approximate surface area is 143 Å². The maximum absolute atomic E-state index is 12.6. The first-order valence-corrected chi connectivity index (χ1v) is 7.61. The molecule has 0 saturated heterocycles. The van der Waals surface area contributed by atoms with Crippen LogP contribution < -0.4 is 10.2 Å². The summed E-state index contributed by atoms with van der Waals surface area (Å²) in [5.41, 5.74) is 2.03. The zero-order valence-corrected chi connectivity index (χ0v) is 13.7. The van der Waals surface area contributed by atoms with Gasteiger partial charge in [0.05, 0.1) is 5.69 Å². The SMILES string of the molecule is Cc1ccc(Cl)cc1NC1=C(Cl)C(=O)N(c2ccccc2)C1=O.